The van der Waals surface area contributed by atoms with E-state index >= 15 is 0 Å². The number of hydrogen-bond donors (Lipinski definition) is 3. The second kappa shape index (κ2) is 6.62. The summed E-state index contributed by atoms with van der Waals surface area (Å²) in [5.41, 5.74) is 2.40. The van der Waals surface area contributed by atoms with Gasteiger partial charge in [0.05, 0.1) is 0 Å². The second-order valence-electron chi connectivity index (χ2n) is 1.50. The Morgan fingerprint density at radius 2 is 2.00 bits per heavy atom. The molecule has 12 heavy (non-hydrogen) atoms. The first-order valence-electron chi connectivity index (χ1n) is 2.70. The van der Waals surface area contributed by atoms with Gasteiger partial charge in [-0.25, -0.2) is 4.79 Å². The molecular weight excluding hydrogens is 177 g/mol. The monoisotopic (exact) mass is 186 g/mol. The first-order chi connectivity index (χ1) is 5.36. The van der Waals surface area contributed by atoms with Gasteiger partial charge >= 0.3 is 12.1 Å². The van der Waals surface area contributed by atoms with Crippen molar-refractivity contribution in [2.45, 2.75) is 6.18 Å². The van der Waals surface area contributed by atoms with Gasteiger partial charge in [-0.15, -0.1) is 6.58 Å². The summed E-state index contributed by atoms with van der Waals surface area (Å²) in [6, 6.07) is 0. The molecule has 4 N–H and O–H groups in total. The summed E-state index contributed by atoms with van der Waals surface area (Å²) in [6.07, 6.45) is -3.39. The molecule has 7 heteroatoms. The smallest absolute Gasteiger partial charge is 0.475 e. The predicted molar refractivity (Wildman–Crippen MR) is 36.1 cm³/mol. The van der Waals surface area contributed by atoms with Crippen LogP contribution in [0.3, 0.4) is 0 Å². The van der Waals surface area contributed by atoms with Crippen LogP contribution in [-0.4, -0.2) is 23.8 Å². The number of hydrazine groups is 1. The van der Waals surface area contributed by atoms with Crippen LogP contribution in [0.4, 0.5) is 13.2 Å². The lowest BCUT2D eigenvalue weighted by Gasteiger charge is -1.93. The van der Waals surface area contributed by atoms with Gasteiger partial charge in [-0.05, 0) is 0 Å². The van der Waals surface area contributed by atoms with Gasteiger partial charge in [0.25, 0.3) is 0 Å². The largest absolute Gasteiger partial charge is 0.490 e. The number of carboxylic acid groups (broad SMARTS) is 1. The number of alkyl halides is 3. The Balaban J connectivity index is 0. The van der Waals surface area contributed by atoms with Gasteiger partial charge in [0.15, 0.2) is 0 Å². The fourth-order valence-electron chi connectivity index (χ4n) is 0.0833. The molecule has 0 saturated heterocycles. The maximum absolute atomic E-state index is 10.6. The maximum Gasteiger partial charge on any atom is 0.490 e. The Morgan fingerprint density at radius 3 is 2.00 bits per heavy atom. The van der Waals surface area contributed by atoms with Gasteiger partial charge in [-0.3, -0.25) is 11.3 Å². The molecule has 0 radical (unpaired) electrons. The van der Waals surface area contributed by atoms with Crippen molar-refractivity contribution < 1.29 is 23.1 Å². The van der Waals surface area contributed by atoms with E-state index in [1.165, 1.54) is 0 Å². The molecular formula is C5H9F3N2O2. The molecule has 0 saturated carbocycles. The fraction of sp³-hybridized carbons (Fsp3) is 0.400. The number of halogens is 3. The summed E-state index contributed by atoms with van der Waals surface area (Å²) in [6.45, 7) is 4.09. The Morgan fingerprint density at radius 1 is 1.67 bits per heavy atom. The zero-order valence-electron chi connectivity index (χ0n) is 6.06. The van der Waals surface area contributed by atoms with E-state index < -0.39 is 12.1 Å². The van der Waals surface area contributed by atoms with E-state index in [-0.39, 0.29) is 0 Å². The first-order valence-corrected chi connectivity index (χ1v) is 2.70. The highest BCUT2D eigenvalue weighted by atomic mass is 19.4. The van der Waals surface area contributed by atoms with E-state index in [1.54, 1.807) is 6.08 Å². The molecule has 0 spiro atoms. The SMILES string of the molecule is C=CCNN.O=C(O)C(F)(F)F. The van der Waals surface area contributed by atoms with Gasteiger partial charge in [-0.2, -0.15) is 13.2 Å². The molecule has 0 fully saturated rings. The van der Waals surface area contributed by atoms with Crippen LogP contribution in [-0.2, 0) is 4.79 Å². The molecule has 0 aliphatic rings. The molecule has 0 aliphatic heterocycles. The molecule has 0 atom stereocenters. The molecule has 0 unspecified atom stereocenters. The third-order valence-electron chi connectivity index (χ3n) is 0.505. The normalized spacial score (nSPS) is 9.67. The highest BCUT2D eigenvalue weighted by Crippen LogP contribution is 2.13. The van der Waals surface area contributed by atoms with Crippen LogP contribution in [0.15, 0.2) is 12.7 Å². The fourth-order valence-corrected chi connectivity index (χ4v) is 0.0833. The van der Waals surface area contributed by atoms with Crippen molar-refractivity contribution in [1.82, 2.24) is 5.43 Å². The van der Waals surface area contributed by atoms with Crippen LogP contribution in [0, 0.1) is 0 Å². The Kier molecular flexibility index (Phi) is 7.45. The van der Waals surface area contributed by atoms with Crippen molar-refractivity contribution in [3.05, 3.63) is 12.7 Å². The number of hydrogen-bond acceptors (Lipinski definition) is 3. The van der Waals surface area contributed by atoms with Gasteiger partial charge in [0, 0.05) is 6.54 Å². The number of carbonyl (C=O) groups is 1. The summed E-state index contributed by atoms with van der Waals surface area (Å²) >= 11 is 0. The zero-order chi connectivity index (χ0) is 10.2. The van der Waals surface area contributed by atoms with E-state index in [2.05, 4.69) is 12.0 Å². The Labute approximate surface area is 66.8 Å². The van der Waals surface area contributed by atoms with E-state index in [9.17, 15) is 13.2 Å². The quantitative estimate of drug-likeness (QED) is 0.328. The van der Waals surface area contributed by atoms with Crippen molar-refractivity contribution in [3.63, 3.8) is 0 Å². The highest BCUT2D eigenvalue weighted by molar-refractivity contribution is 5.73. The Bertz CT molecular complexity index is 146. The molecule has 0 aromatic rings. The number of carboxylic acids is 1. The molecule has 72 valence electrons. The minimum absolute atomic E-state index is 0.681. The van der Waals surface area contributed by atoms with Crippen molar-refractivity contribution in [1.29, 1.82) is 0 Å². The second-order valence-corrected chi connectivity index (χ2v) is 1.50. The van der Waals surface area contributed by atoms with E-state index in [1.807, 2.05) is 0 Å². The van der Waals surface area contributed by atoms with Crippen molar-refractivity contribution in [2.24, 2.45) is 5.84 Å². The van der Waals surface area contributed by atoms with Crippen LogP contribution < -0.4 is 11.3 Å². The third kappa shape index (κ3) is 11.7. The lowest BCUT2D eigenvalue weighted by atomic mass is 10.7. The lowest BCUT2D eigenvalue weighted by Crippen LogP contribution is -2.21. The Hall–Kier alpha value is -1.08. The van der Waals surface area contributed by atoms with Gasteiger partial charge < -0.3 is 5.11 Å². The molecule has 0 rings (SSSR count). The average molecular weight is 186 g/mol. The topological polar surface area (TPSA) is 75.3 Å². The van der Waals surface area contributed by atoms with Gasteiger partial charge in [0.1, 0.15) is 0 Å². The van der Waals surface area contributed by atoms with Crippen LogP contribution >= 0.6 is 0 Å². The van der Waals surface area contributed by atoms with E-state index in [0.717, 1.165) is 0 Å². The van der Waals surface area contributed by atoms with Crippen LogP contribution in [0.25, 0.3) is 0 Å². The molecule has 0 aliphatic carbocycles. The standard InChI is InChI=1S/C3H8N2.C2HF3O2/c1-2-3-5-4;3-2(4,5)1(6)7/h2,5H,1,3-4H2;(H,6,7). The third-order valence-corrected chi connectivity index (χ3v) is 0.505. The van der Waals surface area contributed by atoms with Crippen molar-refractivity contribution in [3.8, 4) is 0 Å². The molecule has 4 nitrogen and oxygen atoms in total. The molecule has 0 aromatic carbocycles. The minimum Gasteiger partial charge on any atom is -0.475 e. The number of aliphatic carboxylic acids is 1. The van der Waals surface area contributed by atoms with Gasteiger partial charge in [-0.1, -0.05) is 6.08 Å². The maximum atomic E-state index is 10.6. The van der Waals surface area contributed by atoms with Crippen LogP contribution in [0.2, 0.25) is 0 Å². The molecule has 0 bridgehead atoms. The van der Waals surface area contributed by atoms with Crippen molar-refractivity contribution in [2.75, 3.05) is 6.54 Å². The average Bonchev–Trinajstić information content (AvgIpc) is 1.88. The number of nitrogens with one attached hydrogen (secondary N) is 1. The first kappa shape index (κ1) is 13.5. The van der Waals surface area contributed by atoms with Crippen LogP contribution in [0.1, 0.15) is 0 Å². The molecule has 0 aromatic heterocycles. The number of nitrogens with two attached hydrogens (primary N) is 1. The lowest BCUT2D eigenvalue weighted by molar-refractivity contribution is -0.192. The van der Waals surface area contributed by atoms with Crippen LogP contribution in [0.5, 0.6) is 0 Å². The molecule has 0 heterocycles. The molecule has 0 amide bonds. The van der Waals surface area contributed by atoms with Crippen molar-refractivity contribution >= 4 is 5.97 Å². The zero-order valence-corrected chi connectivity index (χ0v) is 6.06. The summed E-state index contributed by atoms with van der Waals surface area (Å²) < 4.78 is 31.7. The number of rotatable bonds is 2. The van der Waals surface area contributed by atoms with E-state index in [0.29, 0.717) is 6.54 Å². The van der Waals surface area contributed by atoms with Gasteiger partial charge in [0.2, 0.25) is 0 Å². The highest BCUT2D eigenvalue weighted by Gasteiger charge is 2.38. The van der Waals surface area contributed by atoms with E-state index in [4.69, 9.17) is 15.7 Å². The predicted octanol–water partition coefficient (Wildman–Crippen LogP) is 0.269. The summed E-state index contributed by atoms with van der Waals surface area (Å²) in [7, 11) is 0. The summed E-state index contributed by atoms with van der Waals surface area (Å²) in [4.78, 5) is 8.90. The minimum atomic E-state index is -5.08. The summed E-state index contributed by atoms with van der Waals surface area (Å²) in [5, 5.41) is 7.12. The summed E-state index contributed by atoms with van der Waals surface area (Å²) in [5.74, 6) is 2.06.